The van der Waals surface area contributed by atoms with Gasteiger partial charge in [0.2, 0.25) is 0 Å². The molecule has 3 nitrogen and oxygen atoms in total. The third kappa shape index (κ3) is 4.04. The van der Waals surface area contributed by atoms with Crippen LogP contribution in [0.5, 0.6) is 0 Å². The summed E-state index contributed by atoms with van der Waals surface area (Å²) in [6, 6.07) is 9.28. The van der Waals surface area contributed by atoms with Gasteiger partial charge in [-0.3, -0.25) is 0 Å². The Kier molecular flexibility index (Phi) is 6.49. The molecule has 0 N–H and O–H groups in total. The number of carbonyl (C=O) groups excluding carboxylic acids is 1. The second-order valence-electron chi connectivity index (χ2n) is 5.47. The van der Waals surface area contributed by atoms with Crippen LogP contribution in [0.3, 0.4) is 0 Å². The molecule has 1 aromatic rings. The van der Waals surface area contributed by atoms with Gasteiger partial charge in [-0.05, 0) is 0 Å². The van der Waals surface area contributed by atoms with E-state index in [0.29, 0.717) is 11.5 Å². The van der Waals surface area contributed by atoms with Gasteiger partial charge >= 0.3 is 134 Å². The van der Waals surface area contributed by atoms with Gasteiger partial charge < -0.3 is 0 Å². The predicted octanol–water partition coefficient (Wildman–Crippen LogP) is 3.58. The normalized spacial score (nSPS) is 25.8. The standard InChI is InChI=1S/C15H19O3.CH3.Hg/c1-11-13(17-2)9-6-10-14(11)18-15(16)12-7-4-3-5-8-12;;/h3-5,7-8,11,13-14H,1,6,9-10H2,2H3;1H3;/t11-,13+,14+;;/m0../s1. The van der Waals surface area contributed by atoms with E-state index in [-0.39, 0.29) is 18.2 Å². The first-order valence-corrected chi connectivity index (χ1v) is 16.9. The zero-order chi connectivity index (χ0) is 14.4. The summed E-state index contributed by atoms with van der Waals surface area (Å²) in [6.45, 7) is 0. The summed E-state index contributed by atoms with van der Waals surface area (Å²) in [4.78, 5) is 12.2. The van der Waals surface area contributed by atoms with Crippen molar-refractivity contribution in [1.82, 2.24) is 0 Å². The van der Waals surface area contributed by atoms with Gasteiger partial charge in [0, 0.05) is 0 Å². The average molecular weight is 463 g/mol. The fraction of sp³-hybridized carbons (Fsp3) is 0.562. The molecular weight excluding hydrogens is 441 g/mol. The van der Waals surface area contributed by atoms with Gasteiger partial charge in [0.25, 0.3) is 0 Å². The Hall–Kier alpha value is -0.415. The fourth-order valence-corrected chi connectivity index (χ4v) is 8.59. The minimum absolute atomic E-state index is 0.0429. The van der Waals surface area contributed by atoms with Crippen LogP contribution in [0, 0.1) is 5.92 Å². The first-order chi connectivity index (χ1) is 9.76. The van der Waals surface area contributed by atoms with E-state index >= 15 is 0 Å². The first kappa shape index (κ1) is 16.0. The Morgan fingerprint density at radius 3 is 2.60 bits per heavy atom. The Bertz CT molecular complexity index is 421. The molecule has 0 aliphatic heterocycles. The Balaban J connectivity index is 2.04. The summed E-state index contributed by atoms with van der Waals surface area (Å²) in [7, 11) is 1.78. The number of esters is 1. The van der Waals surface area contributed by atoms with E-state index in [1.54, 1.807) is 7.11 Å². The summed E-state index contributed by atoms with van der Waals surface area (Å²) in [5, 5.41) is 0. The Morgan fingerprint density at radius 2 is 1.95 bits per heavy atom. The average Bonchev–Trinajstić information content (AvgIpc) is 2.50. The van der Waals surface area contributed by atoms with Crippen molar-refractivity contribution in [3.05, 3.63) is 35.9 Å². The number of rotatable bonds is 5. The molecule has 4 heteroatoms. The Morgan fingerprint density at radius 1 is 1.25 bits per heavy atom. The van der Waals surface area contributed by atoms with E-state index in [4.69, 9.17) is 9.47 Å². The molecule has 20 heavy (non-hydrogen) atoms. The Labute approximate surface area is 133 Å². The number of hydrogen-bond donors (Lipinski definition) is 0. The molecule has 0 bridgehead atoms. The van der Waals surface area contributed by atoms with Crippen LogP contribution >= 0.6 is 0 Å². The van der Waals surface area contributed by atoms with E-state index in [2.05, 4.69) is 4.43 Å². The summed E-state index contributed by atoms with van der Waals surface area (Å²) in [5.74, 6) is 0.234. The second-order valence-corrected chi connectivity index (χ2v) is 11.6. The topological polar surface area (TPSA) is 35.5 Å². The minimum atomic E-state index is -0.767. The zero-order valence-electron chi connectivity index (χ0n) is 12.4. The van der Waals surface area contributed by atoms with Crippen LogP contribution in [0.1, 0.15) is 29.6 Å². The third-order valence-corrected chi connectivity index (χ3v) is 8.96. The SMILES string of the molecule is CO[C@@H]1CCC[C@@H](OC(=O)c2ccccc2)[C@H]1[CH2][Hg][CH3]. The van der Waals surface area contributed by atoms with Crippen LogP contribution in [-0.4, -0.2) is 25.3 Å². The molecule has 106 valence electrons. The van der Waals surface area contributed by atoms with Crippen LogP contribution in [0.4, 0.5) is 0 Å². The van der Waals surface area contributed by atoms with Gasteiger partial charge in [-0.25, -0.2) is 0 Å². The van der Waals surface area contributed by atoms with Crippen molar-refractivity contribution in [3.8, 4) is 0 Å². The molecule has 0 saturated heterocycles. The molecule has 0 amide bonds. The molecule has 0 heterocycles. The number of ether oxygens (including phenoxy) is 2. The summed E-state index contributed by atoms with van der Waals surface area (Å²) in [5.41, 5.74) is 0.645. The van der Waals surface area contributed by atoms with Crippen molar-refractivity contribution >= 4 is 5.97 Å². The van der Waals surface area contributed by atoms with Crippen molar-refractivity contribution in [1.29, 1.82) is 0 Å². The molecule has 2 rings (SSSR count). The van der Waals surface area contributed by atoms with Gasteiger partial charge in [-0.2, -0.15) is 0 Å². The molecular formula is C16H22HgO3. The van der Waals surface area contributed by atoms with Gasteiger partial charge in [0.1, 0.15) is 0 Å². The van der Waals surface area contributed by atoms with Crippen molar-refractivity contribution in [2.75, 3.05) is 7.11 Å². The molecule has 1 aliphatic carbocycles. The van der Waals surface area contributed by atoms with Crippen molar-refractivity contribution in [3.63, 3.8) is 0 Å². The predicted molar refractivity (Wildman–Crippen MR) is 74.5 cm³/mol. The second kappa shape index (κ2) is 8.13. The van der Waals surface area contributed by atoms with Crippen LogP contribution in [0.2, 0.25) is 8.36 Å². The maximum absolute atomic E-state index is 12.2. The van der Waals surface area contributed by atoms with Crippen molar-refractivity contribution < 1.29 is 38.8 Å². The van der Waals surface area contributed by atoms with E-state index in [9.17, 15) is 4.79 Å². The molecule has 1 aromatic carbocycles. The summed E-state index contributed by atoms with van der Waals surface area (Å²) >= 11 is -0.767. The van der Waals surface area contributed by atoms with Gasteiger partial charge in [0.15, 0.2) is 0 Å². The van der Waals surface area contributed by atoms with Crippen LogP contribution in [0.15, 0.2) is 30.3 Å². The quantitative estimate of drug-likeness (QED) is 0.495. The van der Waals surface area contributed by atoms with Crippen molar-refractivity contribution in [2.45, 2.75) is 39.8 Å². The molecule has 1 fully saturated rings. The zero-order valence-corrected chi connectivity index (χ0v) is 17.9. The summed E-state index contributed by atoms with van der Waals surface area (Å²) in [6.07, 6.45) is 3.49. The van der Waals surface area contributed by atoms with Crippen LogP contribution in [0.25, 0.3) is 0 Å². The van der Waals surface area contributed by atoms with E-state index < -0.39 is 24.6 Å². The molecule has 3 atom stereocenters. The molecule has 1 aliphatic rings. The van der Waals surface area contributed by atoms with Gasteiger partial charge in [-0.15, -0.1) is 0 Å². The third-order valence-electron chi connectivity index (χ3n) is 4.13. The molecule has 0 radical (unpaired) electrons. The molecule has 0 aromatic heterocycles. The van der Waals surface area contributed by atoms with Crippen LogP contribution < -0.4 is 0 Å². The molecule has 1 saturated carbocycles. The fourth-order valence-electron chi connectivity index (χ4n) is 3.11. The number of methoxy groups -OCH3 is 1. The van der Waals surface area contributed by atoms with Gasteiger partial charge in [0.05, 0.1) is 0 Å². The van der Waals surface area contributed by atoms with Crippen molar-refractivity contribution in [2.24, 2.45) is 5.92 Å². The van der Waals surface area contributed by atoms with E-state index in [1.165, 1.54) is 3.93 Å². The monoisotopic (exact) mass is 464 g/mol. The number of hydrogen-bond acceptors (Lipinski definition) is 3. The maximum atomic E-state index is 12.2. The molecule has 0 spiro atoms. The van der Waals surface area contributed by atoms with E-state index in [0.717, 1.165) is 19.3 Å². The number of benzene rings is 1. The van der Waals surface area contributed by atoms with Crippen LogP contribution in [-0.2, 0) is 34.0 Å². The molecule has 0 unspecified atom stereocenters. The van der Waals surface area contributed by atoms with Gasteiger partial charge in [-0.1, -0.05) is 0 Å². The summed E-state index contributed by atoms with van der Waals surface area (Å²) < 4.78 is 15.1. The first-order valence-electron chi connectivity index (χ1n) is 7.55. The van der Waals surface area contributed by atoms with E-state index in [1.807, 2.05) is 30.3 Å². The number of carbonyl (C=O) groups is 1.